The number of nitrogens with one attached hydrogen (secondary N) is 1. The van der Waals surface area contributed by atoms with Gasteiger partial charge in [0.25, 0.3) is 0 Å². The zero-order valence-corrected chi connectivity index (χ0v) is 10.3. The largest absolute Gasteiger partial charge is 0.482 e. The monoisotopic (exact) mass is 241 g/mol. The minimum Gasteiger partial charge on any atom is -0.482 e. The van der Waals surface area contributed by atoms with Gasteiger partial charge in [-0.3, -0.25) is 4.79 Å². The van der Waals surface area contributed by atoms with Crippen LogP contribution >= 0.6 is 0 Å². The molecule has 3 nitrogen and oxygen atoms in total. The van der Waals surface area contributed by atoms with Crippen molar-refractivity contribution in [1.82, 2.24) is 5.32 Å². The summed E-state index contributed by atoms with van der Waals surface area (Å²) in [5.41, 5.74) is 3.48. The summed E-state index contributed by atoms with van der Waals surface area (Å²) in [4.78, 5) is 10.8. The fourth-order valence-corrected chi connectivity index (χ4v) is 2.76. The van der Waals surface area contributed by atoms with Crippen LogP contribution in [0.2, 0.25) is 0 Å². The number of hydrogen-bond donors (Lipinski definition) is 1. The SMILES string of the molecule is CCC12OC=C(C=O)NC1=CCc1ccccc12. The van der Waals surface area contributed by atoms with E-state index >= 15 is 0 Å². The van der Waals surface area contributed by atoms with Crippen LogP contribution in [0.15, 0.2) is 48.0 Å². The van der Waals surface area contributed by atoms with Crippen molar-refractivity contribution >= 4 is 6.29 Å². The quantitative estimate of drug-likeness (QED) is 0.808. The lowest BCUT2D eigenvalue weighted by molar-refractivity contribution is -0.105. The van der Waals surface area contributed by atoms with Gasteiger partial charge in [-0.2, -0.15) is 0 Å². The van der Waals surface area contributed by atoms with Gasteiger partial charge in [0.15, 0.2) is 11.9 Å². The van der Waals surface area contributed by atoms with Crippen LogP contribution in [-0.4, -0.2) is 6.29 Å². The molecule has 1 N–H and O–H groups in total. The maximum absolute atomic E-state index is 10.8. The summed E-state index contributed by atoms with van der Waals surface area (Å²) in [5, 5.41) is 3.17. The first-order valence-corrected chi connectivity index (χ1v) is 6.19. The lowest BCUT2D eigenvalue weighted by atomic mass is 9.79. The average molecular weight is 241 g/mol. The zero-order chi connectivity index (χ0) is 12.6. The first-order valence-electron chi connectivity index (χ1n) is 6.19. The van der Waals surface area contributed by atoms with Crippen LogP contribution in [0.5, 0.6) is 0 Å². The van der Waals surface area contributed by atoms with Gasteiger partial charge in [0.05, 0.1) is 5.70 Å². The number of ether oxygens (including phenoxy) is 1. The Morgan fingerprint density at radius 1 is 1.44 bits per heavy atom. The molecule has 3 rings (SSSR count). The predicted octanol–water partition coefficient (Wildman–Crippen LogP) is 2.39. The molecule has 0 amide bonds. The van der Waals surface area contributed by atoms with Gasteiger partial charge in [0.1, 0.15) is 12.0 Å². The number of carbonyl (C=O) groups is 1. The Morgan fingerprint density at radius 2 is 2.28 bits per heavy atom. The highest BCUT2D eigenvalue weighted by atomic mass is 16.5. The van der Waals surface area contributed by atoms with Gasteiger partial charge in [0, 0.05) is 5.56 Å². The third kappa shape index (κ3) is 1.40. The van der Waals surface area contributed by atoms with Crippen molar-refractivity contribution < 1.29 is 9.53 Å². The highest BCUT2D eigenvalue weighted by molar-refractivity contribution is 5.73. The number of allylic oxidation sites excluding steroid dienone is 2. The lowest BCUT2D eigenvalue weighted by Gasteiger charge is -2.41. The van der Waals surface area contributed by atoms with Gasteiger partial charge < -0.3 is 10.1 Å². The normalized spacial score (nSPS) is 24.7. The molecule has 0 spiro atoms. The Hall–Kier alpha value is -2.03. The minimum atomic E-state index is -0.457. The molecule has 1 aliphatic carbocycles. The van der Waals surface area contributed by atoms with E-state index in [4.69, 9.17) is 4.74 Å². The summed E-state index contributed by atoms with van der Waals surface area (Å²) in [6, 6.07) is 8.31. The summed E-state index contributed by atoms with van der Waals surface area (Å²) >= 11 is 0. The van der Waals surface area contributed by atoms with E-state index in [1.165, 1.54) is 17.4 Å². The molecule has 18 heavy (non-hydrogen) atoms. The van der Waals surface area contributed by atoms with Crippen LogP contribution in [0, 0.1) is 0 Å². The van der Waals surface area contributed by atoms with Gasteiger partial charge in [-0.25, -0.2) is 0 Å². The van der Waals surface area contributed by atoms with E-state index < -0.39 is 5.60 Å². The molecular weight excluding hydrogens is 226 g/mol. The molecule has 0 saturated carbocycles. The first-order chi connectivity index (χ1) is 8.80. The summed E-state index contributed by atoms with van der Waals surface area (Å²) in [6.45, 7) is 2.09. The van der Waals surface area contributed by atoms with E-state index in [-0.39, 0.29) is 0 Å². The number of benzene rings is 1. The minimum absolute atomic E-state index is 0.457. The number of carbonyl (C=O) groups excluding carboxylic acids is 1. The maximum Gasteiger partial charge on any atom is 0.172 e. The predicted molar refractivity (Wildman–Crippen MR) is 68.6 cm³/mol. The van der Waals surface area contributed by atoms with Gasteiger partial charge in [-0.05, 0) is 18.4 Å². The second-order valence-corrected chi connectivity index (χ2v) is 4.59. The van der Waals surface area contributed by atoms with Crippen molar-refractivity contribution in [2.45, 2.75) is 25.4 Å². The van der Waals surface area contributed by atoms with E-state index in [0.29, 0.717) is 5.70 Å². The Bertz CT molecular complexity index is 559. The fraction of sp³-hybridized carbons (Fsp3) is 0.267. The number of fused-ring (bicyclic) bond motifs is 3. The van der Waals surface area contributed by atoms with Crippen molar-refractivity contribution in [3.8, 4) is 0 Å². The fourth-order valence-electron chi connectivity index (χ4n) is 2.76. The number of hydrogen-bond acceptors (Lipinski definition) is 3. The average Bonchev–Trinajstić information content (AvgIpc) is 2.46. The van der Waals surface area contributed by atoms with Crippen LogP contribution < -0.4 is 5.32 Å². The highest BCUT2D eigenvalue weighted by Gasteiger charge is 2.42. The molecule has 0 aromatic heterocycles. The van der Waals surface area contributed by atoms with Crippen LogP contribution in [0.25, 0.3) is 0 Å². The molecule has 1 aromatic rings. The second-order valence-electron chi connectivity index (χ2n) is 4.59. The standard InChI is InChI=1S/C15H15NO2/c1-2-15-13-6-4-3-5-11(13)7-8-14(15)16-12(9-17)10-18-15/h3-6,8-10,16H,2,7H2,1H3. The molecule has 0 saturated heterocycles. The lowest BCUT2D eigenvalue weighted by Crippen LogP contribution is -2.42. The van der Waals surface area contributed by atoms with Gasteiger partial charge >= 0.3 is 0 Å². The molecule has 1 aromatic carbocycles. The summed E-state index contributed by atoms with van der Waals surface area (Å²) < 4.78 is 5.92. The molecule has 92 valence electrons. The van der Waals surface area contributed by atoms with Crippen LogP contribution in [0.3, 0.4) is 0 Å². The first kappa shape index (κ1) is 11.1. The topological polar surface area (TPSA) is 38.3 Å². The van der Waals surface area contributed by atoms with E-state index in [1.54, 1.807) is 0 Å². The molecular formula is C15H15NO2. The molecule has 0 radical (unpaired) electrons. The molecule has 2 aliphatic rings. The molecule has 0 fully saturated rings. The van der Waals surface area contributed by atoms with Crippen LogP contribution in [0.1, 0.15) is 24.5 Å². The van der Waals surface area contributed by atoms with Gasteiger partial charge in [0.2, 0.25) is 0 Å². The molecule has 1 atom stereocenters. The highest BCUT2D eigenvalue weighted by Crippen LogP contribution is 2.43. The van der Waals surface area contributed by atoms with E-state index in [9.17, 15) is 4.79 Å². The second kappa shape index (κ2) is 4.02. The Morgan fingerprint density at radius 3 is 3.06 bits per heavy atom. The number of rotatable bonds is 2. The van der Waals surface area contributed by atoms with Crippen molar-refractivity contribution in [1.29, 1.82) is 0 Å². The molecule has 1 heterocycles. The van der Waals surface area contributed by atoms with Crippen LogP contribution in [-0.2, 0) is 21.6 Å². The molecule has 1 aliphatic heterocycles. The Balaban J connectivity index is 2.15. The van der Waals surface area contributed by atoms with Crippen molar-refractivity contribution in [2.75, 3.05) is 0 Å². The summed E-state index contributed by atoms with van der Waals surface area (Å²) in [5.74, 6) is 0. The Kier molecular flexibility index (Phi) is 2.47. The maximum atomic E-state index is 10.8. The van der Waals surface area contributed by atoms with Gasteiger partial charge in [-0.1, -0.05) is 37.3 Å². The van der Waals surface area contributed by atoms with Crippen molar-refractivity contribution in [2.24, 2.45) is 0 Å². The van der Waals surface area contributed by atoms with Gasteiger partial charge in [-0.15, -0.1) is 0 Å². The third-order valence-electron chi connectivity index (χ3n) is 3.70. The smallest absolute Gasteiger partial charge is 0.172 e. The summed E-state index contributed by atoms with van der Waals surface area (Å²) in [6.07, 6.45) is 6.11. The van der Waals surface area contributed by atoms with E-state index in [2.05, 4.69) is 30.4 Å². The van der Waals surface area contributed by atoms with Crippen LogP contribution in [0.4, 0.5) is 0 Å². The molecule has 0 bridgehead atoms. The Labute approximate surface area is 106 Å². The van der Waals surface area contributed by atoms with Crippen molar-refractivity contribution in [3.05, 3.63) is 59.1 Å². The van der Waals surface area contributed by atoms with E-state index in [1.807, 2.05) is 12.1 Å². The third-order valence-corrected chi connectivity index (χ3v) is 3.70. The molecule has 1 unspecified atom stereocenters. The van der Waals surface area contributed by atoms with Crippen molar-refractivity contribution in [3.63, 3.8) is 0 Å². The number of aldehydes is 1. The summed E-state index contributed by atoms with van der Waals surface area (Å²) in [7, 11) is 0. The molecule has 3 heteroatoms. The zero-order valence-electron chi connectivity index (χ0n) is 10.3. The van der Waals surface area contributed by atoms with E-state index in [0.717, 1.165) is 24.8 Å².